The Balaban J connectivity index is 2.11. The highest BCUT2D eigenvalue weighted by Gasteiger charge is 2.09. The van der Waals surface area contributed by atoms with Crippen LogP contribution >= 0.6 is 22.9 Å². The van der Waals surface area contributed by atoms with Crippen LogP contribution in [-0.2, 0) is 16.6 Å². The number of hydrogen-bond acceptors (Lipinski definition) is 5. The lowest BCUT2D eigenvalue weighted by Crippen LogP contribution is -2.11. The predicted molar refractivity (Wildman–Crippen MR) is 79.3 cm³/mol. The third-order valence-electron chi connectivity index (χ3n) is 2.23. The number of halogens is 2. The molecule has 0 radical (unpaired) electrons. The van der Waals surface area contributed by atoms with Crippen molar-refractivity contribution in [1.82, 2.24) is 4.98 Å². The molecule has 0 saturated carbocycles. The summed E-state index contributed by atoms with van der Waals surface area (Å²) in [7, 11) is -3.53. The van der Waals surface area contributed by atoms with Crippen molar-refractivity contribution >= 4 is 44.3 Å². The van der Waals surface area contributed by atoms with E-state index in [1.807, 2.05) is 0 Å². The van der Waals surface area contributed by atoms with Gasteiger partial charge < -0.3 is 5.32 Å². The van der Waals surface area contributed by atoms with E-state index in [0.29, 0.717) is 16.6 Å². The minimum absolute atomic E-state index is 0.102. The summed E-state index contributed by atoms with van der Waals surface area (Å²) < 4.78 is 38.4. The minimum atomic E-state index is -3.53. The first kappa shape index (κ1) is 15.0. The summed E-state index contributed by atoms with van der Waals surface area (Å²) in [6.07, 6.45) is 2.51. The average Bonchev–Trinajstić information content (AvgIpc) is 2.74. The quantitative estimate of drug-likeness (QED) is 0.881. The molecule has 1 aromatic heterocycles. The van der Waals surface area contributed by atoms with E-state index < -0.39 is 15.8 Å². The van der Waals surface area contributed by atoms with Crippen molar-refractivity contribution in [2.75, 3.05) is 16.3 Å². The molecule has 1 aromatic carbocycles. The van der Waals surface area contributed by atoms with Crippen molar-refractivity contribution in [2.24, 2.45) is 0 Å². The van der Waals surface area contributed by atoms with Crippen LogP contribution in [0.1, 0.15) is 5.01 Å². The number of anilines is 2. The Hall–Kier alpha value is -1.38. The molecule has 5 nitrogen and oxygen atoms in total. The topological polar surface area (TPSA) is 71.1 Å². The van der Waals surface area contributed by atoms with Crippen LogP contribution in [0.15, 0.2) is 24.4 Å². The fraction of sp³-hybridized carbons (Fsp3) is 0.182. The normalized spacial score (nSPS) is 11.3. The second kappa shape index (κ2) is 5.94. The van der Waals surface area contributed by atoms with E-state index in [9.17, 15) is 12.8 Å². The molecule has 0 atom stereocenters. The smallest absolute Gasteiger partial charge is 0.229 e. The molecular weight excluding hydrogens is 325 g/mol. The highest BCUT2D eigenvalue weighted by atomic mass is 35.5. The molecule has 0 unspecified atom stereocenters. The van der Waals surface area contributed by atoms with Crippen LogP contribution in [0.4, 0.5) is 15.8 Å². The number of thiazole rings is 1. The van der Waals surface area contributed by atoms with Gasteiger partial charge in [-0.05, 0) is 18.2 Å². The van der Waals surface area contributed by atoms with Crippen molar-refractivity contribution in [3.63, 3.8) is 0 Å². The van der Waals surface area contributed by atoms with Gasteiger partial charge in [0, 0.05) is 5.69 Å². The van der Waals surface area contributed by atoms with Gasteiger partial charge in [0.05, 0.1) is 24.7 Å². The van der Waals surface area contributed by atoms with Crippen LogP contribution < -0.4 is 10.0 Å². The van der Waals surface area contributed by atoms with Gasteiger partial charge in [-0.3, -0.25) is 4.72 Å². The zero-order valence-electron chi connectivity index (χ0n) is 10.4. The Morgan fingerprint density at radius 2 is 2.20 bits per heavy atom. The lowest BCUT2D eigenvalue weighted by atomic mass is 10.2. The Bertz CT molecular complexity index is 718. The van der Waals surface area contributed by atoms with Crippen molar-refractivity contribution in [1.29, 1.82) is 0 Å². The second-order valence-corrected chi connectivity index (χ2v) is 7.48. The zero-order chi connectivity index (χ0) is 14.8. The summed E-state index contributed by atoms with van der Waals surface area (Å²) in [6.45, 7) is 0.418. The molecule has 2 aromatic rings. The fourth-order valence-corrected chi connectivity index (χ4v) is 2.91. The maximum Gasteiger partial charge on any atom is 0.229 e. The maximum absolute atomic E-state index is 13.5. The van der Waals surface area contributed by atoms with Gasteiger partial charge in [-0.1, -0.05) is 11.6 Å². The van der Waals surface area contributed by atoms with Gasteiger partial charge >= 0.3 is 0 Å². The van der Waals surface area contributed by atoms with E-state index in [1.165, 1.54) is 29.5 Å². The van der Waals surface area contributed by atoms with E-state index in [1.54, 1.807) is 6.20 Å². The average molecular weight is 336 g/mol. The predicted octanol–water partition coefficient (Wildman–Crippen LogP) is 2.92. The number of nitrogens with one attached hydrogen (secondary N) is 2. The lowest BCUT2D eigenvalue weighted by Gasteiger charge is -2.09. The van der Waals surface area contributed by atoms with E-state index in [2.05, 4.69) is 15.0 Å². The van der Waals surface area contributed by atoms with Crippen molar-refractivity contribution < 1.29 is 12.8 Å². The highest BCUT2D eigenvalue weighted by molar-refractivity contribution is 7.92. The Labute approximate surface area is 124 Å². The van der Waals surface area contributed by atoms with Crippen molar-refractivity contribution in [2.45, 2.75) is 6.54 Å². The monoisotopic (exact) mass is 335 g/mol. The first-order valence-corrected chi connectivity index (χ1v) is 8.53. The van der Waals surface area contributed by atoms with Gasteiger partial charge in [-0.25, -0.2) is 17.8 Å². The SMILES string of the molecule is CS(=O)(=O)Nc1cc(NCc2ncc(Cl)s2)ccc1F. The van der Waals surface area contributed by atoms with E-state index >= 15 is 0 Å². The lowest BCUT2D eigenvalue weighted by molar-refractivity contribution is 0.604. The first-order chi connectivity index (χ1) is 9.33. The van der Waals surface area contributed by atoms with Gasteiger partial charge in [-0.2, -0.15) is 0 Å². The summed E-state index contributed by atoms with van der Waals surface area (Å²) in [5, 5.41) is 3.79. The van der Waals surface area contributed by atoms with Crippen LogP contribution in [0, 0.1) is 5.82 Å². The standard InChI is InChI=1S/C11H11ClFN3O2S2/c1-20(17,18)16-9-4-7(2-3-8(9)13)14-6-11-15-5-10(12)19-11/h2-5,14,16H,6H2,1H3. The van der Waals surface area contributed by atoms with Gasteiger partial charge in [0.15, 0.2) is 0 Å². The molecular formula is C11H11ClFN3O2S2. The van der Waals surface area contributed by atoms with Gasteiger partial charge in [0.1, 0.15) is 15.2 Å². The number of benzene rings is 1. The highest BCUT2D eigenvalue weighted by Crippen LogP contribution is 2.22. The van der Waals surface area contributed by atoms with Crippen molar-refractivity contribution in [3.05, 3.63) is 39.6 Å². The third-order valence-corrected chi connectivity index (χ3v) is 3.94. The zero-order valence-corrected chi connectivity index (χ0v) is 12.7. The fourth-order valence-electron chi connectivity index (χ4n) is 1.46. The third kappa shape index (κ3) is 4.32. The van der Waals surface area contributed by atoms with Gasteiger partial charge in [0.2, 0.25) is 10.0 Å². The number of rotatable bonds is 5. The van der Waals surface area contributed by atoms with Gasteiger partial charge in [-0.15, -0.1) is 11.3 Å². The summed E-state index contributed by atoms with van der Waals surface area (Å²) in [5.41, 5.74) is 0.471. The molecule has 0 spiro atoms. The molecule has 0 aliphatic heterocycles. The number of sulfonamides is 1. The largest absolute Gasteiger partial charge is 0.378 e. The van der Waals surface area contributed by atoms with Crippen LogP contribution in [0.3, 0.4) is 0 Å². The molecule has 2 rings (SSSR count). The molecule has 0 bridgehead atoms. The summed E-state index contributed by atoms with van der Waals surface area (Å²) in [6, 6.07) is 4.08. The first-order valence-electron chi connectivity index (χ1n) is 5.45. The Kier molecular flexibility index (Phi) is 4.46. The van der Waals surface area contributed by atoms with E-state index in [0.717, 1.165) is 11.3 Å². The molecule has 2 N–H and O–H groups in total. The molecule has 1 heterocycles. The molecule has 20 heavy (non-hydrogen) atoms. The van der Waals surface area contributed by atoms with Crippen LogP contribution in [0.25, 0.3) is 0 Å². The number of hydrogen-bond donors (Lipinski definition) is 2. The van der Waals surface area contributed by atoms with Crippen molar-refractivity contribution in [3.8, 4) is 0 Å². The second-order valence-electron chi connectivity index (χ2n) is 3.98. The molecule has 0 amide bonds. The van der Waals surface area contributed by atoms with E-state index in [4.69, 9.17) is 11.6 Å². The molecule has 0 saturated heterocycles. The molecule has 0 aliphatic rings. The molecule has 9 heteroatoms. The Morgan fingerprint density at radius 1 is 1.45 bits per heavy atom. The van der Waals surface area contributed by atoms with E-state index in [-0.39, 0.29) is 5.69 Å². The minimum Gasteiger partial charge on any atom is -0.378 e. The molecule has 0 fully saturated rings. The number of nitrogens with zero attached hydrogens (tertiary/aromatic N) is 1. The summed E-state index contributed by atoms with van der Waals surface area (Å²) >= 11 is 7.09. The molecule has 0 aliphatic carbocycles. The molecule has 108 valence electrons. The van der Waals surface area contributed by atoms with Crippen LogP contribution in [0.5, 0.6) is 0 Å². The maximum atomic E-state index is 13.5. The Morgan fingerprint density at radius 3 is 2.80 bits per heavy atom. The van der Waals surface area contributed by atoms with Crippen LogP contribution in [0.2, 0.25) is 4.34 Å². The summed E-state index contributed by atoms with van der Waals surface area (Å²) in [4.78, 5) is 4.07. The number of aromatic nitrogens is 1. The van der Waals surface area contributed by atoms with Crippen LogP contribution in [-0.4, -0.2) is 19.7 Å². The van der Waals surface area contributed by atoms with Gasteiger partial charge in [0.25, 0.3) is 0 Å². The summed E-state index contributed by atoms with van der Waals surface area (Å²) in [5.74, 6) is -0.640.